The molecular weight excluding hydrogens is 286 g/mol. The van der Waals surface area contributed by atoms with Gasteiger partial charge in [-0.05, 0) is 32.4 Å². The lowest BCUT2D eigenvalue weighted by Crippen LogP contribution is -2.23. The van der Waals surface area contributed by atoms with E-state index in [1.807, 2.05) is 13.0 Å². The van der Waals surface area contributed by atoms with Crippen molar-refractivity contribution in [3.63, 3.8) is 0 Å². The summed E-state index contributed by atoms with van der Waals surface area (Å²) >= 11 is 6.12. The number of rotatable bonds is 3. The van der Waals surface area contributed by atoms with E-state index < -0.39 is 20.1 Å². The van der Waals surface area contributed by atoms with Crippen LogP contribution in [0.4, 0.5) is 0 Å². The number of hydrogen-bond acceptors (Lipinski definition) is 4. The van der Waals surface area contributed by atoms with Crippen LogP contribution < -0.4 is 5.48 Å². The van der Waals surface area contributed by atoms with Gasteiger partial charge in [0.25, 0.3) is 0 Å². The minimum absolute atomic E-state index is 0.0130. The summed E-state index contributed by atoms with van der Waals surface area (Å²) in [5, 5.41) is 0.0130. The number of halogens is 1. The fourth-order valence-electron chi connectivity index (χ4n) is 1.80. The van der Waals surface area contributed by atoms with E-state index in [1.165, 1.54) is 6.08 Å². The van der Waals surface area contributed by atoms with Crippen molar-refractivity contribution in [3.05, 3.63) is 46.5 Å². The summed E-state index contributed by atoms with van der Waals surface area (Å²) in [7, 11) is -3.69. The third-order valence-corrected chi connectivity index (χ3v) is 5.36. The van der Waals surface area contributed by atoms with Gasteiger partial charge in [0.05, 0.1) is 0 Å². The predicted octanol–water partition coefficient (Wildman–Crippen LogP) is 2.80. The number of hydroxylamine groups is 1. The Kier molecular flexibility index (Phi) is 3.64. The van der Waals surface area contributed by atoms with Crippen LogP contribution >= 0.6 is 11.6 Å². The lowest BCUT2D eigenvalue weighted by molar-refractivity contribution is -0.0129. The molecule has 0 amide bonds. The fourth-order valence-corrected chi connectivity index (χ4v) is 3.56. The highest BCUT2D eigenvalue weighted by molar-refractivity contribution is 7.96. The highest BCUT2D eigenvalue weighted by atomic mass is 35.5. The number of nitrogens with one attached hydrogen (secondary N) is 1. The van der Waals surface area contributed by atoms with Gasteiger partial charge in [-0.1, -0.05) is 41.4 Å². The molecule has 1 aromatic rings. The topological polar surface area (TPSA) is 55.4 Å². The largest absolute Gasteiger partial charge is 0.265 e. The summed E-state index contributed by atoms with van der Waals surface area (Å²) in [6.07, 6.45) is 1.52. The zero-order valence-electron chi connectivity index (χ0n) is 11.0. The van der Waals surface area contributed by atoms with Gasteiger partial charge in [0, 0.05) is 0 Å². The highest BCUT2D eigenvalue weighted by Crippen LogP contribution is 2.34. The first-order valence-electron chi connectivity index (χ1n) is 5.84. The molecule has 0 radical (unpaired) electrons. The summed E-state index contributed by atoms with van der Waals surface area (Å²) < 4.78 is 23.6. The van der Waals surface area contributed by atoms with Gasteiger partial charge in [-0.3, -0.25) is 10.3 Å². The number of alkyl halides is 1. The minimum atomic E-state index is -3.69. The summed E-state index contributed by atoms with van der Waals surface area (Å²) in [5.74, 6) is 0. The molecule has 104 valence electrons. The summed E-state index contributed by atoms with van der Waals surface area (Å²) in [6, 6.07) is 7.13. The number of hydrogen-bond donors (Lipinski definition) is 1. The van der Waals surface area contributed by atoms with E-state index in [-0.39, 0.29) is 5.03 Å². The molecule has 6 heteroatoms. The Morgan fingerprint density at radius 1 is 1.37 bits per heavy atom. The van der Waals surface area contributed by atoms with Crippen molar-refractivity contribution < 1.29 is 13.3 Å². The molecule has 0 fully saturated rings. The van der Waals surface area contributed by atoms with Gasteiger partial charge in [0.15, 0.2) is 9.74 Å². The molecule has 1 aromatic carbocycles. The van der Waals surface area contributed by atoms with E-state index >= 15 is 0 Å². The van der Waals surface area contributed by atoms with Gasteiger partial charge < -0.3 is 0 Å². The quantitative estimate of drug-likeness (QED) is 0.872. The summed E-state index contributed by atoms with van der Waals surface area (Å²) in [4.78, 5) is 5.17. The molecule has 0 bridgehead atoms. The predicted molar refractivity (Wildman–Crippen MR) is 75.1 cm³/mol. The van der Waals surface area contributed by atoms with Crippen LogP contribution in [0.2, 0.25) is 0 Å². The van der Waals surface area contributed by atoms with Crippen LogP contribution in [-0.2, 0) is 14.7 Å². The van der Waals surface area contributed by atoms with Gasteiger partial charge >= 0.3 is 0 Å². The van der Waals surface area contributed by atoms with Gasteiger partial charge in [0.1, 0.15) is 5.60 Å². The Morgan fingerprint density at radius 3 is 2.58 bits per heavy atom. The van der Waals surface area contributed by atoms with Crippen molar-refractivity contribution in [1.29, 1.82) is 0 Å². The van der Waals surface area contributed by atoms with E-state index in [4.69, 9.17) is 16.4 Å². The molecule has 1 aliphatic rings. The van der Waals surface area contributed by atoms with E-state index in [1.54, 1.807) is 32.0 Å². The van der Waals surface area contributed by atoms with E-state index in [0.29, 0.717) is 5.56 Å². The Balaban J connectivity index is 2.36. The number of sulfone groups is 1. The van der Waals surface area contributed by atoms with Crippen molar-refractivity contribution in [3.8, 4) is 0 Å². The zero-order valence-corrected chi connectivity index (χ0v) is 12.5. The molecule has 0 aliphatic carbocycles. The summed E-state index contributed by atoms with van der Waals surface area (Å²) in [5.41, 5.74) is 3.29. The lowest BCUT2D eigenvalue weighted by atomic mass is 10.1. The fraction of sp³-hybridized carbons (Fsp3) is 0.385. The second-order valence-corrected chi connectivity index (χ2v) is 7.79. The Hall–Kier alpha value is -1.04. The maximum Gasteiger partial charge on any atom is 0.216 e. The highest BCUT2D eigenvalue weighted by Gasteiger charge is 2.36. The van der Waals surface area contributed by atoms with E-state index in [9.17, 15) is 8.42 Å². The SMILES string of the molecule is Cc1cccc(C(Cl)S(=O)(=O)C2=CC(C)(C)ON2)c1. The first-order valence-corrected chi connectivity index (χ1v) is 7.82. The molecule has 0 saturated heterocycles. The van der Waals surface area contributed by atoms with Gasteiger partial charge in [-0.25, -0.2) is 8.42 Å². The van der Waals surface area contributed by atoms with Crippen molar-refractivity contribution in [2.75, 3.05) is 0 Å². The second kappa shape index (κ2) is 4.81. The molecule has 0 aromatic heterocycles. The van der Waals surface area contributed by atoms with Crippen molar-refractivity contribution in [1.82, 2.24) is 5.48 Å². The Labute approximate surface area is 118 Å². The second-order valence-electron chi connectivity index (χ2n) is 5.09. The molecule has 1 heterocycles. The monoisotopic (exact) mass is 301 g/mol. The zero-order chi connectivity index (χ0) is 14.3. The molecule has 0 spiro atoms. The Bertz CT molecular complexity index is 623. The molecule has 4 nitrogen and oxygen atoms in total. The van der Waals surface area contributed by atoms with Gasteiger partial charge in [-0.2, -0.15) is 0 Å². The molecule has 0 saturated carbocycles. The molecule has 19 heavy (non-hydrogen) atoms. The van der Waals surface area contributed by atoms with Crippen LogP contribution in [0.15, 0.2) is 35.4 Å². The average molecular weight is 302 g/mol. The number of benzene rings is 1. The average Bonchev–Trinajstić information content (AvgIpc) is 2.69. The molecule has 1 atom stereocenters. The van der Waals surface area contributed by atoms with Gasteiger partial charge in [0.2, 0.25) is 9.84 Å². The maximum absolute atomic E-state index is 12.4. The van der Waals surface area contributed by atoms with Gasteiger partial charge in [-0.15, -0.1) is 0 Å². The molecule has 1 N–H and O–H groups in total. The van der Waals surface area contributed by atoms with Crippen LogP contribution in [-0.4, -0.2) is 14.0 Å². The molecule has 1 unspecified atom stereocenters. The first kappa shape index (κ1) is 14.4. The third kappa shape index (κ3) is 2.94. The maximum atomic E-state index is 12.4. The van der Waals surface area contributed by atoms with Crippen LogP contribution in [0.1, 0.15) is 29.7 Å². The standard InChI is InChI=1S/C13H16ClNO3S/c1-9-5-4-6-10(7-9)12(14)19(16,17)11-8-13(2,3)18-15-11/h4-8,12,15H,1-3H3. The van der Waals surface area contributed by atoms with E-state index in [0.717, 1.165) is 5.56 Å². The van der Waals surface area contributed by atoms with E-state index in [2.05, 4.69) is 5.48 Å². The third-order valence-electron chi connectivity index (χ3n) is 2.78. The molecular formula is C13H16ClNO3S. The Morgan fingerprint density at radius 2 is 2.05 bits per heavy atom. The summed E-state index contributed by atoms with van der Waals surface area (Å²) in [6.45, 7) is 5.41. The van der Waals surface area contributed by atoms with Crippen molar-refractivity contribution in [2.24, 2.45) is 0 Å². The van der Waals surface area contributed by atoms with Crippen molar-refractivity contribution in [2.45, 2.75) is 31.1 Å². The molecule has 2 rings (SSSR count). The van der Waals surface area contributed by atoms with Crippen LogP contribution in [0.25, 0.3) is 0 Å². The van der Waals surface area contributed by atoms with Crippen LogP contribution in [0, 0.1) is 6.92 Å². The van der Waals surface area contributed by atoms with Crippen molar-refractivity contribution >= 4 is 21.4 Å². The van der Waals surface area contributed by atoms with Crippen LogP contribution in [0.3, 0.4) is 0 Å². The van der Waals surface area contributed by atoms with Crippen LogP contribution in [0.5, 0.6) is 0 Å². The molecule has 1 aliphatic heterocycles. The normalized spacial score (nSPS) is 19.7. The smallest absolute Gasteiger partial charge is 0.216 e. The first-order chi connectivity index (χ1) is 8.72. The number of aryl methyl sites for hydroxylation is 1. The minimum Gasteiger partial charge on any atom is -0.265 e. The lowest BCUT2D eigenvalue weighted by Gasteiger charge is -2.13.